The van der Waals surface area contributed by atoms with E-state index in [2.05, 4.69) is 10.3 Å². The number of rotatable bonds is 1. The summed E-state index contributed by atoms with van der Waals surface area (Å²) in [5.74, 6) is 0. The topological polar surface area (TPSA) is 57.4 Å². The fourth-order valence-corrected chi connectivity index (χ4v) is 3.03. The normalized spacial score (nSPS) is 19.1. The van der Waals surface area contributed by atoms with Crippen molar-refractivity contribution in [3.63, 3.8) is 0 Å². The van der Waals surface area contributed by atoms with Crippen LogP contribution in [-0.4, -0.2) is 41.2 Å². The van der Waals surface area contributed by atoms with Gasteiger partial charge < -0.3 is 19.9 Å². The molecule has 0 bridgehead atoms. The molecule has 2 heterocycles. The number of H-pyrrole nitrogens is 1. The van der Waals surface area contributed by atoms with E-state index >= 15 is 0 Å². The van der Waals surface area contributed by atoms with Crippen LogP contribution in [0, 0.1) is 0 Å². The zero-order valence-corrected chi connectivity index (χ0v) is 14.4. The molecule has 1 aliphatic heterocycles. The van der Waals surface area contributed by atoms with E-state index in [0.29, 0.717) is 18.1 Å². The number of aromatic amines is 1. The van der Waals surface area contributed by atoms with Crippen molar-refractivity contribution in [2.75, 3.05) is 19.6 Å². The van der Waals surface area contributed by atoms with E-state index < -0.39 is 5.60 Å². The molecule has 0 saturated carbocycles. The molecular formula is C17H22ClN3O2. The van der Waals surface area contributed by atoms with Gasteiger partial charge in [0, 0.05) is 41.8 Å². The Labute approximate surface area is 140 Å². The van der Waals surface area contributed by atoms with Gasteiger partial charge >= 0.3 is 6.09 Å². The Morgan fingerprint density at radius 2 is 2.17 bits per heavy atom. The highest BCUT2D eigenvalue weighted by Crippen LogP contribution is 2.28. The number of halogens is 1. The third kappa shape index (κ3) is 3.62. The molecule has 23 heavy (non-hydrogen) atoms. The molecule has 3 rings (SSSR count). The number of ether oxygens (including phenoxy) is 1. The van der Waals surface area contributed by atoms with Gasteiger partial charge in [0.15, 0.2) is 0 Å². The highest BCUT2D eigenvalue weighted by molar-refractivity contribution is 6.31. The van der Waals surface area contributed by atoms with Gasteiger partial charge in [-0.2, -0.15) is 0 Å². The van der Waals surface area contributed by atoms with Crippen LogP contribution in [0.15, 0.2) is 24.4 Å². The summed E-state index contributed by atoms with van der Waals surface area (Å²) in [7, 11) is 0. The lowest BCUT2D eigenvalue weighted by molar-refractivity contribution is 0.0195. The number of aromatic nitrogens is 1. The van der Waals surface area contributed by atoms with Gasteiger partial charge in [0.1, 0.15) is 5.60 Å². The molecule has 1 amide bonds. The predicted molar refractivity (Wildman–Crippen MR) is 91.9 cm³/mol. The molecule has 0 spiro atoms. The molecule has 0 radical (unpaired) electrons. The van der Waals surface area contributed by atoms with E-state index in [9.17, 15) is 4.79 Å². The molecule has 1 atom stereocenters. The first-order valence-corrected chi connectivity index (χ1v) is 8.19. The zero-order chi connectivity index (χ0) is 16.6. The molecule has 5 nitrogen and oxygen atoms in total. The molecule has 1 saturated heterocycles. The average molecular weight is 336 g/mol. The van der Waals surface area contributed by atoms with Crippen LogP contribution in [0.5, 0.6) is 0 Å². The lowest BCUT2D eigenvalue weighted by Gasteiger charge is -2.34. The van der Waals surface area contributed by atoms with Crippen LogP contribution in [0.25, 0.3) is 10.9 Å². The summed E-state index contributed by atoms with van der Waals surface area (Å²) >= 11 is 6.03. The molecule has 1 aromatic carbocycles. The molecule has 124 valence electrons. The second-order valence-corrected chi connectivity index (χ2v) is 7.30. The quantitative estimate of drug-likeness (QED) is 0.835. The van der Waals surface area contributed by atoms with E-state index in [1.54, 1.807) is 4.90 Å². The van der Waals surface area contributed by atoms with Crippen molar-refractivity contribution in [3.05, 3.63) is 35.0 Å². The van der Waals surface area contributed by atoms with Crippen LogP contribution in [-0.2, 0) is 4.74 Å². The van der Waals surface area contributed by atoms with Gasteiger partial charge in [-0.25, -0.2) is 4.79 Å². The predicted octanol–water partition coefficient (Wildman–Crippen LogP) is 3.70. The maximum atomic E-state index is 12.3. The van der Waals surface area contributed by atoms with Gasteiger partial charge in [0.2, 0.25) is 0 Å². The van der Waals surface area contributed by atoms with Crippen LogP contribution in [0.1, 0.15) is 32.4 Å². The second kappa shape index (κ2) is 6.06. The summed E-state index contributed by atoms with van der Waals surface area (Å²) in [6.07, 6.45) is 1.73. The Morgan fingerprint density at radius 1 is 1.39 bits per heavy atom. The van der Waals surface area contributed by atoms with Crippen LogP contribution >= 0.6 is 11.6 Å². The maximum Gasteiger partial charge on any atom is 0.410 e. The van der Waals surface area contributed by atoms with Gasteiger partial charge in [-0.05, 0) is 38.5 Å². The number of fused-ring (bicyclic) bond motifs is 1. The van der Waals surface area contributed by atoms with E-state index in [4.69, 9.17) is 16.3 Å². The van der Waals surface area contributed by atoms with Crippen molar-refractivity contribution >= 4 is 28.6 Å². The number of amides is 1. The molecule has 1 unspecified atom stereocenters. The molecular weight excluding hydrogens is 314 g/mol. The van der Waals surface area contributed by atoms with Gasteiger partial charge in [-0.15, -0.1) is 0 Å². The molecule has 1 aromatic heterocycles. The van der Waals surface area contributed by atoms with Crippen molar-refractivity contribution in [1.82, 2.24) is 15.2 Å². The first-order chi connectivity index (χ1) is 10.8. The first-order valence-electron chi connectivity index (χ1n) is 7.81. The number of hydrogen-bond acceptors (Lipinski definition) is 3. The second-order valence-electron chi connectivity index (χ2n) is 6.87. The molecule has 1 aliphatic rings. The lowest BCUT2D eigenvalue weighted by Crippen LogP contribution is -2.49. The van der Waals surface area contributed by atoms with Crippen molar-refractivity contribution in [2.45, 2.75) is 32.4 Å². The maximum absolute atomic E-state index is 12.3. The van der Waals surface area contributed by atoms with E-state index in [-0.39, 0.29) is 12.1 Å². The van der Waals surface area contributed by atoms with E-state index in [1.807, 2.05) is 45.2 Å². The van der Waals surface area contributed by atoms with E-state index in [0.717, 1.165) is 23.0 Å². The summed E-state index contributed by atoms with van der Waals surface area (Å²) in [5.41, 5.74) is 1.67. The summed E-state index contributed by atoms with van der Waals surface area (Å²) < 4.78 is 5.48. The summed E-state index contributed by atoms with van der Waals surface area (Å²) in [4.78, 5) is 17.3. The number of carbonyl (C=O) groups is 1. The fourth-order valence-electron chi connectivity index (χ4n) is 2.86. The molecule has 2 N–H and O–H groups in total. The van der Waals surface area contributed by atoms with Gasteiger partial charge in [-0.1, -0.05) is 17.7 Å². The van der Waals surface area contributed by atoms with Crippen LogP contribution in [0.2, 0.25) is 5.02 Å². The summed E-state index contributed by atoms with van der Waals surface area (Å²) in [6, 6.07) is 5.88. The van der Waals surface area contributed by atoms with Crippen molar-refractivity contribution in [3.8, 4) is 0 Å². The minimum absolute atomic E-state index is 0.0752. The Hall–Kier alpha value is -1.72. The zero-order valence-electron chi connectivity index (χ0n) is 13.6. The number of nitrogens with zero attached hydrogens (tertiary/aromatic N) is 1. The Bertz CT molecular complexity index is 720. The van der Waals surface area contributed by atoms with Gasteiger partial charge in [0.25, 0.3) is 0 Å². The Morgan fingerprint density at radius 3 is 2.91 bits per heavy atom. The first kappa shape index (κ1) is 16.1. The van der Waals surface area contributed by atoms with Crippen LogP contribution in [0.4, 0.5) is 4.79 Å². The fraction of sp³-hybridized carbons (Fsp3) is 0.471. The van der Waals surface area contributed by atoms with Crippen LogP contribution < -0.4 is 5.32 Å². The Balaban J connectivity index is 1.79. The number of carbonyl (C=O) groups excluding carboxylic acids is 1. The van der Waals surface area contributed by atoms with Crippen molar-refractivity contribution < 1.29 is 9.53 Å². The molecule has 2 aromatic rings. The average Bonchev–Trinajstić information content (AvgIpc) is 2.88. The third-order valence-corrected chi connectivity index (χ3v) is 4.11. The Kier molecular flexibility index (Phi) is 4.25. The van der Waals surface area contributed by atoms with Crippen molar-refractivity contribution in [2.24, 2.45) is 0 Å². The largest absolute Gasteiger partial charge is 0.444 e. The minimum Gasteiger partial charge on any atom is -0.444 e. The summed E-state index contributed by atoms with van der Waals surface area (Å²) in [5, 5.41) is 5.30. The monoisotopic (exact) mass is 335 g/mol. The molecule has 6 heteroatoms. The van der Waals surface area contributed by atoms with Crippen molar-refractivity contribution in [1.29, 1.82) is 0 Å². The highest BCUT2D eigenvalue weighted by atomic mass is 35.5. The number of piperazine rings is 1. The smallest absolute Gasteiger partial charge is 0.410 e. The third-order valence-electron chi connectivity index (χ3n) is 3.88. The molecule has 0 aliphatic carbocycles. The van der Waals surface area contributed by atoms with Gasteiger partial charge in [-0.3, -0.25) is 0 Å². The molecule has 1 fully saturated rings. The highest BCUT2D eigenvalue weighted by Gasteiger charge is 2.29. The number of hydrogen-bond donors (Lipinski definition) is 2. The van der Waals surface area contributed by atoms with Crippen LogP contribution in [0.3, 0.4) is 0 Å². The van der Waals surface area contributed by atoms with E-state index in [1.165, 1.54) is 0 Å². The lowest BCUT2D eigenvalue weighted by atomic mass is 10.0. The number of nitrogens with one attached hydrogen (secondary N) is 2. The van der Waals surface area contributed by atoms with Gasteiger partial charge in [0.05, 0.1) is 6.04 Å². The summed E-state index contributed by atoms with van der Waals surface area (Å²) in [6.45, 7) is 7.63. The number of benzene rings is 1. The standard InChI is InChI=1S/C17H22ClN3O2/c1-17(2,3)23-16(22)21-7-6-19-15(10-21)13-9-20-14-8-11(18)4-5-12(13)14/h4-5,8-9,15,19-20H,6-7,10H2,1-3H3. The SMILES string of the molecule is CC(C)(C)OC(=O)N1CCNC(c2c[nH]c3cc(Cl)ccc23)C1. The minimum atomic E-state index is -0.477.